The van der Waals surface area contributed by atoms with Crippen molar-refractivity contribution in [2.75, 3.05) is 0 Å². The molecule has 2 aromatic carbocycles. The molecule has 0 spiro atoms. The summed E-state index contributed by atoms with van der Waals surface area (Å²) in [4.78, 5) is 0. The minimum absolute atomic E-state index is 0.238. The summed E-state index contributed by atoms with van der Waals surface area (Å²) in [6.07, 6.45) is 2.16. The van der Waals surface area contributed by atoms with Gasteiger partial charge in [0.2, 0.25) is 11.7 Å². The molecule has 0 saturated heterocycles. The van der Waals surface area contributed by atoms with Gasteiger partial charge in [-0.1, -0.05) is 18.2 Å². The second-order valence-electron chi connectivity index (χ2n) is 5.25. The van der Waals surface area contributed by atoms with Gasteiger partial charge < -0.3 is 4.74 Å². The molecule has 5 rings (SSSR count). The van der Waals surface area contributed by atoms with Gasteiger partial charge in [0.05, 0.1) is 16.7 Å². The van der Waals surface area contributed by atoms with Gasteiger partial charge in [0.1, 0.15) is 11.5 Å². The molecule has 1 unspecified atom stereocenters. The van der Waals surface area contributed by atoms with Gasteiger partial charge in [0.25, 0.3) is 0 Å². The van der Waals surface area contributed by atoms with E-state index in [1.807, 2.05) is 12.1 Å². The van der Waals surface area contributed by atoms with Crippen molar-refractivity contribution in [3.8, 4) is 22.8 Å². The Labute approximate surface area is 116 Å². The molecule has 20 heavy (non-hydrogen) atoms. The van der Waals surface area contributed by atoms with E-state index in [4.69, 9.17) is 4.74 Å². The zero-order valence-electron chi connectivity index (χ0n) is 10.8. The Bertz CT molecular complexity index is 854. The van der Waals surface area contributed by atoms with Crippen LogP contribution in [0.3, 0.4) is 0 Å². The van der Waals surface area contributed by atoms with Crippen molar-refractivity contribution >= 4 is 0 Å². The second-order valence-corrected chi connectivity index (χ2v) is 5.25. The number of ether oxygens (including phenoxy) is 1. The fourth-order valence-electron chi connectivity index (χ4n) is 3.41. The summed E-state index contributed by atoms with van der Waals surface area (Å²) in [5.74, 6) is 1.95. The first-order valence-electron chi connectivity index (χ1n) is 6.84. The van der Waals surface area contributed by atoms with Crippen molar-refractivity contribution in [3.05, 3.63) is 78.0 Å². The van der Waals surface area contributed by atoms with E-state index in [2.05, 4.69) is 59.3 Å². The maximum atomic E-state index is 6.09. The predicted octanol–water partition coefficient (Wildman–Crippen LogP) is 3.70. The van der Waals surface area contributed by atoms with Gasteiger partial charge in [-0.15, -0.1) is 0 Å². The van der Waals surface area contributed by atoms with Crippen LogP contribution in [0.5, 0.6) is 11.5 Å². The predicted molar refractivity (Wildman–Crippen MR) is 75.8 cm³/mol. The number of nitrogens with zero attached hydrogens (tertiary/aromatic N) is 1. The van der Waals surface area contributed by atoms with Crippen LogP contribution in [0.4, 0.5) is 0 Å². The molecule has 0 fully saturated rings. The van der Waals surface area contributed by atoms with E-state index < -0.39 is 0 Å². The molecule has 0 N–H and O–H groups in total. The zero-order valence-corrected chi connectivity index (χ0v) is 10.8. The summed E-state index contributed by atoms with van der Waals surface area (Å²) in [5, 5.41) is 0. The molecule has 0 amide bonds. The largest absolute Gasteiger partial charge is 0.456 e. The highest BCUT2D eigenvalue weighted by molar-refractivity contribution is 5.72. The highest BCUT2D eigenvalue weighted by Crippen LogP contribution is 2.49. The Kier molecular flexibility index (Phi) is 1.78. The van der Waals surface area contributed by atoms with Crippen molar-refractivity contribution in [2.45, 2.75) is 6.04 Å². The van der Waals surface area contributed by atoms with E-state index in [-0.39, 0.29) is 6.04 Å². The number of aromatic nitrogens is 1. The topological polar surface area (TPSA) is 13.1 Å². The molecule has 0 saturated carbocycles. The standard InChI is InChI=1S/C18H12NO/c1-2-9-15-13(6-1)18-17-12(7-5-10-16(17)20-15)14-8-3-4-11-19(14)18/h1-11,18H/q+1. The highest BCUT2D eigenvalue weighted by Gasteiger charge is 2.43. The Morgan fingerprint density at radius 3 is 2.65 bits per heavy atom. The number of hydrogen-bond donors (Lipinski definition) is 0. The average Bonchev–Trinajstić information content (AvgIpc) is 2.85. The lowest BCUT2D eigenvalue weighted by atomic mass is 9.93. The number of rotatable bonds is 0. The quantitative estimate of drug-likeness (QED) is 0.386. The maximum Gasteiger partial charge on any atom is 0.217 e. The summed E-state index contributed by atoms with van der Waals surface area (Å²) >= 11 is 0. The third kappa shape index (κ3) is 1.12. The van der Waals surface area contributed by atoms with E-state index >= 15 is 0 Å². The smallest absolute Gasteiger partial charge is 0.217 e. The maximum absolute atomic E-state index is 6.09. The molecule has 1 atom stereocenters. The van der Waals surface area contributed by atoms with Crippen LogP contribution in [-0.2, 0) is 0 Å². The van der Waals surface area contributed by atoms with Crippen molar-refractivity contribution in [2.24, 2.45) is 0 Å². The molecule has 1 aromatic heterocycles. The first-order valence-corrected chi connectivity index (χ1v) is 6.84. The molecular weight excluding hydrogens is 246 g/mol. The van der Waals surface area contributed by atoms with Crippen LogP contribution >= 0.6 is 0 Å². The average molecular weight is 258 g/mol. The molecule has 3 heterocycles. The monoisotopic (exact) mass is 258 g/mol. The molecule has 2 aliphatic heterocycles. The third-order valence-electron chi connectivity index (χ3n) is 4.22. The molecule has 0 bridgehead atoms. The van der Waals surface area contributed by atoms with Gasteiger partial charge in [0.15, 0.2) is 6.20 Å². The molecule has 2 nitrogen and oxygen atoms in total. The van der Waals surface area contributed by atoms with Gasteiger partial charge in [-0.3, -0.25) is 0 Å². The number of para-hydroxylation sites is 1. The van der Waals surface area contributed by atoms with Crippen LogP contribution in [0.15, 0.2) is 66.9 Å². The minimum atomic E-state index is 0.238. The molecule has 0 radical (unpaired) electrons. The Morgan fingerprint density at radius 1 is 0.800 bits per heavy atom. The van der Waals surface area contributed by atoms with Crippen LogP contribution in [0, 0.1) is 0 Å². The molecular formula is C18H12NO+. The number of pyridine rings is 1. The number of benzene rings is 2. The third-order valence-corrected chi connectivity index (χ3v) is 4.22. The summed E-state index contributed by atoms with van der Waals surface area (Å²) < 4.78 is 8.43. The van der Waals surface area contributed by atoms with E-state index in [0.29, 0.717) is 0 Å². The Morgan fingerprint density at radius 2 is 1.65 bits per heavy atom. The number of hydrogen-bond acceptors (Lipinski definition) is 1. The molecule has 2 aliphatic rings. The lowest BCUT2D eigenvalue weighted by Gasteiger charge is -2.21. The van der Waals surface area contributed by atoms with Crippen LogP contribution in [0.25, 0.3) is 11.3 Å². The SMILES string of the molecule is c1ccc2c(c1)Oc1cccc3c1C2[n+]1ccccc1-3. The number of fused-ring (bicyclic) bond motifs is 5. The fraction of sp³-hybridized carbons (Fsp3) is 0.0556. The van der Waals surface area contributed by atoms with Crippen LogP contribution in [-0.4, -0.2) is 0 Å². The van der Waals surface area contributed by atoms with Gasteiger partial charge in [-0.25, -0.2) is 0 Å². The summed E-state index contributed by atoms with van der Waals surface area (Å²) in [6, 6.07) is 21.2. The van der Waals surface area contributed by atoms with E-state index in [1.54, 1.807) is 0 Å². The highest BCUT2D eigenvalue weighted by atomic mass is 16.5. The first-order chi connectivity index (χ1) is 9.93. The van der Waals surface area contributed by atoms with Gasteiger partial charge >= 0.3 is 0 Å². The summed E-state index contributed by atoms with van der Waals surface area (Å²) in [6.45, 7) is 0. The van der Waals surface area contributed by atoms with Crippen molar-refractivity contribution in [1.82, 2.24) is 0 Å². The van der Waals surface area contributed by atoms with Crippen LogP contribution in [0.1, 0.15) is 17.2 Å². The lowest BCUT2D eigenvalue weighted by molar-refractivity contribution is -0.689. The molecule has 2 heteroatoms. The zero-order chi connectivity index (χ0) is 13.1. The Hall–Kier alpha value is -2.61. The van der Waals surface area contributed by atoms with E-state index in [1.165, 1.54) is 22.4 Å². The second kappa shape index (κ2) is 3.48. The van der Waals surface area contributed by atoms with Crippen molar-refractivity contribution in [1.29, 1.82) is 0 Å². The minimum Gasteiger partial charge on any atom is -0.456 e. The van der Waals surface area contributed by atoms with Crippen molar-refractivity contribution in [3.63, 3.8) is 0 Å². The fourth-order valence-corrected chi connectivity index (χ4v) is 3.41. The Balaban J connectivity index is 1.93. The first kappa shape index (κ1) is 10.2. The lowest BCUT2D eigenvalue weighted by Crippen LogP contribution is -2.39. The summed E-state index contributed by atoms with van der Waals surface area (Å²) in [7, 11) is 0. The molecule has 0 aliphatic carbocycles. The van der Waals surface area contributed by atoms with E-state index in [9.17, 15) is 0 Å². The van der Waals surface area contributed by atoms with Gasteiger partial charge in [-0.2, -0.15) is 4.57 Å². The van der Waals surface area contributed by atoms with Gasteiger partial charge in [0, 0.05) is 12.1 Å². The van der Waals surface area contributed by atoms with Crippen LogP contribution in [0.2, 0.25) is 0 Å². The van der Waals surface area contributed by atoms with Crippen molar-refractivity contribution < 1.29 is 9.30 Å². The summed E-state index contributed by atoms with van der Waals surface area (Å²) in [5.41, 5.74) is 5.07. The van der Waals surface area contributed by atoms with Crippen LogP contribution < -0.4 is 9.30 Å². The van der Waals surface area contributed by atoms with E-state index in [0.717, 1.165) is 11.5 Å². The normalized spacial score (nSPS) is 16.9. The molecule has 3 aromatic rings. The van der Waals surface area contributed by atoms with Gasteiger partial charge in [-0.05, 0) is 30.3 Å². The molecule has 94 valence electrons.